The predicted molar refractivity (Wildman–Crippen MR) is 91.0 cm³/mol. The third-order valence-corrected chi connectivity index (χ3v) is 4.89. The number of carbonyl (C=O) groups is 1. The fourth-order valence-electron chi connectivity index (χ4n) is 2.15. The van der Waals surface area contributed by atoms with Crippen molar-refractivity contribution in [1.29, 1.82) is 0 Å². The molecule has 0 aliphatic carbocycles. The van der Waals surface area contributed by atoms with E-state index >= 15 is 0 Å². The van der Waals surface area contributed by atoms with E-state index in [1.807, 2.05) is 30.3 Å². The van der Waals surface area contributed by atoms with Crippen LogP contribution in [0, 0.1) is 6.92 Å². The van der Waals surface area contributed by atoms with Gasteiger partial charge in [0.25, 0.3) is 0 Å². The first-order valence-corrected chi connectivity index (χ1v) is 9.29. The quantitative estimate of drug-likeness (QED) is 0.756. The lowest BCUT2D eigenvalue weighted by Crippen LogP contribution is -2.42. The molecule has 0 saturated heterocycles. The Hall–Kier alpha value is -2.19. The van der Waals surface area contributed by atoms with Crippen LogP contribution in [0.2, 0.25) is 0 Å². The molecule has 8 heteroatoms. The number of amides is 1. The number of hydrogen-bond acceptors (Lipinski definition) is 5. The minimum absolute atomic E-state index is 0.0391. The van der Waals surface area contributed by atoms with Gasteiger partial charge < -0.3 is 9.84 Å². The molecule has 0 fully saturated rings. The Morgan fingerprint density at radius 2 is 2.00 bits per heavy atom. The van der Waals surface area contributed by atoms with Crippen LogP contribution in [0.15, 0.2) is 40.9 Å². The molecule has 1 atom stereocenters. The lowest BCUT2D eigenvalue weighted by Gasteiger charge is -2.13. The largest absolute Gasteiger partial charge is 0.360 e. The summed E-state index contributed by atoms with van der Waals surface area (Å²) < 4.78 is 31.3. The van der Waals surface area contributed by atoms with Gasteiger partial charge in [0.05, 0.1) is 11.8 Å². The zero-order chi connectivity index (χ0) is 17.6. The second-order valence-electron chi connectivity index (χ2n) is 5.56. The van der Waals surface area contributed by atoms with Gasteiger partial charge in [-0.15, -0.1) is 0 Å². The van der Waals surface area contributed by atoms with Crippen molar-refractivity contribution in [3.05, 3.63) is 47.7 Å². The second-order valence-corrected chi connectivity index (χ2v) is 7.43. The molecule has 0 unspecified atom stereocenters. The molecule has 0 aliphatic rings. The Labute approximate surface area is 141 Å². The van der Waals surface area contributed by atoms with Crippen LogP contribution >= 0.6 is 0 Å². The lowest BCUT2D eigenvalue weighted by atomic mass is 10.1. The van der Waals surface area contributed by atoms with E-state index in [1.165, 1.54) is 6.92 Å². The summed E-state index contributed by atoms with van der Waals surface area (Å²) in [6.45, 7) is 3.18. The molecule has 1 aromatic carbocycles. The molecule has 24 heavy (non-hydrogen) atoms. The van der Waals surface area contributed by atoms with Crippen LogP contribution < -0.4 is 10.0 Å². The first-order valence-electron chi connectivity index (χ1n) is 7.64. The lowest BCUT2D eigenvalue weighted by molar-refractivity contribution is -0.117. The average molecular weight is 351 g/mol. The van der Waals surface area contributed by atoms with Crippen molar-refractivity contribution in [2.75, 3.05) is 11.1 Å². The summed E-state index contributed by atoms with van der Waals surface area (Å²) in [6.07, 6.45) is 1.15. The molecule has 0 bridgehead atoms. The maximum atomic E-state index is 12.1. The number of nitrogens with one attached hydrogen (secondary N) is 2. The number of sulfonamides is 1. The van der Waals surface area contributed by atoms with Gasteiger partial charge in [0.2, 0.25) is 15.9 Å². The normalized spacial score (nSPS) is 12.8. The number of aromatic nitrogens is 1. The van der Waals surface area contributed by atoms with Crippen molar-refractivity contribution in [2.45, 2.75) is 32.7 Å². The van der Waals surface area contributed by atoms with E-state index < -0.39 is 22.0 Å². The Morgan fingerprint density at radius 1 is 1.29 bits per heavy atom. The number of anilines is 1. The molecule has 1 aromatic heterocycles. The topological polar surface area (TPSA) is 101 Å². The van der Waals surface area contributed by atoms with Crippen molar-refractivity contribution in [3.8, 4) is 0 Å². The first-order chi connectivity index (χ1) is 11.4. The van der Waals surface area contributed by atoms with Crippen molar-refractivity contribution in [3.63, 3.8) is 0 Å². The fraction of sp³-hybridized carbons (Fsp3) is 0.375. The number of hydrogen-bond donors (Lipinski definition) is 2. The Kier molecular flexibility index (Phi) is 6.10. The van der Waals surface area contributed by atoms with E-state index in [2.05, 4.69) is 15.2 Å². The van der Waals surface area contributed by atoms with Crippen LogP contribution in [-0.2, 0) is 21.2 Å². The highest BCUT2D eigenvalue weighted by molar-refractivity contribution is 7.89. The van der Waals surface area contributed by atoms with Crippen molar-refractivity contribution >= 4 is 21.7 Å². The van der Waals surface area contributed by atoms with Gasteiger partial charge in [-0.2, -0.15) is 0 Å². The number of aryl methyl sites for hydroxylation is 2. The van der Waals surface area contributed by atoms with Gasteiger partial charge in [-0.3, -0.25) is 4.79 Å². The summed E-state index contributed by atoms with van der Waals surface area (Å²) in [5, 5.41) is 6.13. The molecule has 0 saturated carbocycles. The molecule has 1 amide bonds. The van der Waals surface area contributed by atoms with Crippen LogP contribution in [0.1, 0.15) is 24.7 Å². The van der Waals surface area contributed by atoms with Crippen LogP contribution in [0.5, 0.6) is 0 Å². The third kappa shape index (κ3) is 5.78. The second kappa shape index (κ2) is 8.07. The molecular formula is C16H21N3O4S. The van der Waals surface area contributed by atoms with Crippen LogP contribution in [0.3, 0.4) is 0 Å². The van der Waals surface area contributed by atoms with Crippen LogP contribution in [0.4, 0.5) is 5.82 Å². The molecule has 0 radical (unpaired) electrons. The van der Waals surface area contributed by atoms with Gasteiger partial charge in [0, 0.05) is 6.07 Å². The van der Waals surface area contributed by atoms with E-state index in [1.54, 1.807) is 13.0 Å². The SMILES string of the molecule is Cc1cc(NC(=O)[C@H](C)NS(=O)(=O)CCCc2ccccc2)no1. The summed E-state index contributed by atoms with van der Waals surface area (Å²) in [5.74, 6) is 0.282. The number of benzene rings is 1. The fourth-order valence-corrected chi connectivity index (χ4v) is 3.44. The van der Waals surface area contributed by atoms with Gasteiger partial charge in [-0.05, 0) is 32.3 Å². The smallest absolute Gasteiger partial charge is 0.243 e. The van der Waals surface area contributed by atoms with Gasteiger partial charge >= 0.3 is 0 Å². The maximum absolute atomic E-state index is 12.1. The van der Waals surface area contributed by atoms with Crippen molar-refractivity contribution < 1.29 is 17.7 Å². The predicted octanol–water partition coefficient (Wildman–Crippen LogP) is 1.86. The molecular weight excluding hydrogens is 330 g/mol. The highest BCUT2D eigenvalue weighted by atomic mass is 32.2. The summed E-state index contributed by atoms with van der Waals surface area (Å²) in [6, 6.07) is 10.3. The zero-order valence-corrected chi connectivity index (χ0v) is 14.5. The first kappa shape index (κ1) is 18.2. The minimum Gasteiger partial charge on any atom is -0.360 e. The Morgan fingerprint density at radius 3 is 2.62 bits per heavy atom. The van der Waals surface area contributed by atoms with Crippen LogP contribution in [-0.4, -0.2) is 31.3 Å². The molecule has 2 rings (SSSR count). The summed E-state index contributed by atoms with van der Waals surface area (Å²) >= 11 is 0. The van der Waals surface area contributed by atoms with Gasteiger partial charge in [0.15, 0.2) is 5.82 Å². The van der Waals surface area contributed by atoms with E-state index in [-0.39, 0.29) is 11.6 Å². The van der Waals surface area contributed by atoms with Gasteiger partial charge in [-0.1, -0.05) is 35.5 Å². The number of rotatable bonds is 8. The zero-order valence-electron chi connectivity index (χ0n) is 13.7. The van der Waals surface area contributed by atoms with Crippen LogP contribution in [0.25, 0.3) is 0 Å². The molecule has 1 heterocycles. The molecule has 7 nitrogen and oxygen atoms in total. The third-order valence-electron chi connectivity index (χ3n) is 3.35. The highest BCUT2D eigenvalue weighted by Crippen LogP contribution is 2.08. The van der Waals surface area contributed by atoms with E-state index in [4.69, 9.17) is 4.52 Å². The molecule has 0 aliphatic heterocycles. The molecule has 2 aromatic rings. The summed E-state index contributed by atoms with van der Waals surface area (Å²) in [5.41, 5.74) is 1.08. The van der Waals surface area contributed by atoms with E-state index in [0.29, 0.717) is 18.6 Å². The molecule has 130 valence electrons. The summed E-state index contributed by atoms with van der Waals surface area (Å²) in [7, 11) is -3.54. The monoisotopic (exact) mass is 351 g/mol. The Balaban J connectivity index is 1.80. The van der Waals surface area contributed by atoms with Crippen molar-refractivity contribution in [2.24, 2.45) is 0 Å². The molecule has 2 N–H and O–H groups in total. The number of carbonyl (C=O) groups excluding carboxylic acids is 1. The number of nitrogens with zero attached hydrogens (tertiary/aromatic N) is 1. The Bertz CT molecular complexity index is 772. The van der Waals surface area contributed by atoms with Crippen molar-refractivity contribution in [1.82, 2.24) is 9.88 Å². The summed E-state index contributed by atoms with van der Waals surface area (Å²) in [4.78, 5) is 12.0. The standard InChI is InChI=1S/C16H21N3O4S/c1-12-11-15(18-23-12)17-16(20)13(2)19-24(21,22)10-6-9-14-7-4-3-5-8-14/h3-5,7-8,11,13,19H,6,9-10H2,1-2H3,(H,17,18,20)/t13-/m0/s1. The van der Waals surface area contributed by atoms with Gasteiger partial charge in [0.1, 0.15) is 5.76 Å². The average Bonchev–Trinajstić information content (AvgIpc) is 2.92. The van der Waals surface area contributed by atoms with E-state index in [0.717, 1.165) is 5.56 Å². The maximum Gasteiger partial charge on any atom is 0.243 e. The highest BCUT2D eigenvalue weighted by Gasteiger charge is 2.20. The molecule has 0 spiro atoms. The van der Waals surface area contributed by atoms with E-state index in [9.17, 15) is 13.2 Å². The minimum atomic E-state index is -3.54. The van der Waals surface area contributed by atoms with Gasteiger partial charge in [-0.25, -0.2) is 13.1 Å².